The van der Waals surface area contributed by atoms with E-state index in [4.69, 9.17) is 19.6 Å². The number of ether oxygens (including phenoxy) is 2. The van der Waals surface area contributed by atoms with Crippen LogP contribution in [0.4, 0.5) is 4.79 Å². The number of aliphatic hydroxyl groups is 2. The van der Waals surface area contributed by atoms with Gasteiger partial charge in [-0.15, -0.1) is 0 Å². The normalized spacial score (nSPS) is 21.4. The number of carbonyl (C=O) groups is 2. The Morgan fingerprint density at radius 2 is 1.78 bits per heavy atom. The molecule has 1 amide bonds. The molecule has 2 fully saturated rings. The largest absolute Gasteiger partial charge is 0.458 e. The molecular weight excluding hydrogens is 576 g/mol. The Bertz CT molecular complexity index is 1690. The molecule has 4 aliphatic heterocycles. The summed E-state index contributed by atoms with van der Waals surface area (Å²) in [6, 6.07) is 7.77. The van der Waals surface area contributed by atoms with E-state index in [2.05, 4.69) is 11.8 Å². The molecule has 0 bridgehead atoms. The van der Waals surface area contributed by atoms with Crippen LogP contribution in [0.1, 0.15) is 74.6 Å². The molecule has 11 heteroatoms. The van der Waals surface area contributed by atoms with Gasteiger partial charge in [-0.2, -0.15) is 0 Å². The molecular formula is C34H42N4O7. The van der Waals surface area contributed by atoms with Gasteiger partial charge in [0.15, 0.2) is 5.60 Å². The average Bonchev–Trinajstić information content (AvgIpc) is 3.45. The number of pyridine rings is 2. The lowest BCUT2D eigenvalue weighted by molar-refractivity contribution is -0.172. The highest BCUT2D eigenvalue weighted by Crippen LogP contribution is 2.41. The lowest BCUT2D eigenvalue weighted by Gasteiger charge is -2.39. The maximum Gasteiger partial charge on any atom is 0.415 e. The van der Waals surface area contributed by atoms with Gasteiger partial charge in [-0.1, -0.05) is 20.3 Å². The minimum Gasteiger partial charge on any atom is -0.458 e. The molecule has 2 saturated heterocycles. The zero-order chi connectivity index (χ0) is 31.9. The highest BCUT2D eigenvalue weighted by Gasteiger charge is 2.45. The monoisotopic (exact) mass is 618 g/mol. The van der Waals surface area contributed by atoms with Crippen molar-refractivity contribution < 1.29 is 29.3 Å². The lowest BCUT2D eigenvalue weighted by Crippen LogP contribution is -2.48. The fraction of sp³-hybridized carbons (Fsp3) is 0.529. The number of benzene rings is 1. The molecule has 1 aromatic carbocycles. The van der Waals surface area contributed by atoms with Gasteiger partial charge in [0.1, 0.15) is 12.4 Å². The molecule has 0 radical (unpaired) electrons. The van der Waals surface area contributed by atoms with Crippen molar-refractivity contribution in [1.29, 1.82) is 0 Å². The molecule has 2 N–H and O–H groups in total. The van der Waals surface area contributed by atoms with Gasteiger partial charge >= 0.3 is 12.1 Å². The first kappa shape index (κ1) is 31.2. The van der Waals surface area contributed by atoms with Crippen LogP contribution in [0.15, 0.2) is 29.1 Å². The van der Waals surface area contributed by atoms with Crippen molar-refractivity contribution in [1.82, 2.24) is 19.4 Å². The van der Waals surface area contributed by atoms with Crippen LogP contribution in [0.5, 0.6) is 5.75 Å². The summed E-state index contributed by atoms with van der Waals surface area (Å²) >= 11 is 0. The second-order valence-corrected chi connectivity index (χ2v) is 12.2. The minimum absolute atomic E-state index is 0.0951. The van der Waals surface area contributed by atoms with Gasteiger partial charge in [-0.25, -0.2) is 14.6 Å². The highest BCUT2D eigenvalue weighted by atomic mass is 16.6. The first-order chi connectivity index (χ1) is 21.8. The fourth-order valence-electron chi connectivity index (χ4n) is 7.47. The molecule has 240 valence electrons. The number of carbonyl (C=O) groups excluding carboxylic acids is 2. The summed E-state index contributed by atoms with van der Waals surface area (Å²) in [5.74, 6) is -0.266. The van der Waals surface area contributed by atoms with Crippen LogP contribution < -0.4 is 10.3 Å². The smallest absolute Gasteiger partial charge is 0.415 e. The summed E-state index contributed by atoms with van der Waals surface area (Å²) < 4.78 is 12.7. The number of hydrogen-bond donors (Lipinski definition) is 2. The number of aliphatic hydroxyl groups excluding tert-OH is 1. The Kier molecular flexibility index (Phi) is 8.69. The second kappa shape index (κ2) is 12.5. The first-order valence-electron chi connectivity index (χ1n) is 16.1. The Morgan fingerprint density at radius 3 is 2.47 bits per heavy atom. The van der Waals surface area contributed by atoms with Crippen molar-refractivity contribution in [2.45, 2.75) is 83.6 Å². The van der Waals surface area contributed by atoms with Gasteiger partial charge in [0, 0.05) is 42.8 Å². The fourth-order valence-corrected chi connectivity index (χ4v) is 7.47. The molecule has 0 unspecified atom stereocenters. The number of piperidine rings is 2. The van der Waals surface area contributed by atoms with Crippen molar-refractivity contribution in [3.05, 3.63) is 56.9 Å². The number of rotatable bonds is 4. The van der Waals surface area contributed by atoms with Crippen molar-refractivity contribution in [2.24, 2.45) is 0 Å². The van der Waals surface area contributed by atoms with Crippen LogP contribution in [0, 0.1) is 0 Å². The van der Waals surface area contributed by atoms with Crippen LogP contribution in [-0.2, 0) is 34.7 Å². The van der Waals surface area contributed by atoms with Crippen LogP contribution >= 0.6 is 0 Å². The number of cyclic esters (lactones) is 1. The lowest BCUT2D eigenvalue weighted by atomic mass is 9.86. The number of amides is 1. The zero-order valence-electron chi connectivity index (χ0n) is 26.3. The predicted molar refractivity (Wildman–Crippen MR) is 168 cm³/mol. The molecule has 45 heavy (non-hydrogen) atoms. The topological polar surface area (TPSA) is 134 Å². The van der Waals surface area contributed by atoms with E-state index in [0.717, 1.165) is 42.0 Å². The number of esters is 1. The van der Waals surface area contributed by atoms with Gasteiger partial charge in [0.2, 0.25) is 0 Å². The maximum absolute atomic E-state index is 13.6. The van der Waals surface area contributed by atoms with E-state index in [0.29, 0.717) is 60.4 Å². The Hall–Kier alpha value is -3.80. The third kappa shape index (κ3) is 5.30. The van der Waals surface area contributed by atoms with Gasteiger partial charge in [0.25, 0.3) is 5.56 Å². The molecule has 1 atom stereocenters. The molecule has 4 aliphatic rings. The SMILES string of the molecule is CCc1c2c(nc3ccc(OC(=O)N4CCC(N5CCCCC5)CC4)cc13)-c1cc3c(c(=O)n1C2)COC(=O)[C@]3(O)CC.CO. The second-order valence-electron chi connectivity index (χ2n) is 12.2. The number of fused-ring (bicyclic) bond motifs is 5. The quantitative estimate of drug-likeness (QED) is 0.329. The van der Waals surface area contributed by atoms with Gasteiger partial charge in [-0.05, 0) is 81.4 Å². The van der Waals surface area contributed by atoms with Gasteiger partial charge in [-0.3, -0.25) is 4.79 Å². The molecule has 7 rings (SSSR count). The van der Waals surface area contributed by atoms with Crippen LogP contribution in [0.25, 0.3) is 22.3 Å². The van der Waals surface area contributed by atoms with E-state index < -0.39 is 11.6 Å². The number of hydrogen-bond acceptors (Lipinski definition) is 9. The Labute approximate surface area is 262 Å². The van der Waals surface area contributed by atoms with E-state index in [1.54, 1.807) is 23.6 Å². The molecule has 2 aromatic heterocycles. The number of nitrogens with zero attached hydrogens (tertiary/aromatic N) is 4. The standard InChI is InChI=1S/C33H38N4O6.CH4O/c1-3-22-23-16-21(43-32(40)36-14-10-20(11-15-36)35-12-6-5-7-13-35)8-9-27(23)34-29-24(22)18-37-28(29)17-26-25(30(37)38)19-42-31(39)33(26,41)4-2;1-2/h8-9,16-17,20,41H,3-7,10-15,18-19H2,1-2H3;2H,1H3/t33-;/m0./s1. The van der Waals surface area contributed by atoms with E-state index in [1.165, 1.54) is 32.4 Å². The van der Waals surface area contributed by atoms with Crippen molar-refractivity contribution >= 4 is 23.0 Å². The van der Waals surface area contributed by atoms with Crippen LogP contribution in [0.3, 0.4) is 0 Å². The first-order valence-corrected chi connectivity index (χ1v) is 16.1. The maximum atomic E-state index is 13.6. The summed E-state index contributed by atoms with van der Waals surface area (Å²) in [6.07, 6.45) is 6.26. The predicted octanol–water partition coefficient (Wildman–Crippen LogP) is 3.70. The molecule has 11 nitrogen and oxygen atoms in total. The zero-order valence-corrected chi connectivity index (χ0v) is 26.3. The molecule has 0 spiro atoms. The van der Waals surface area contributed by atoms with Crippen molar-refractivity contribution in [3.63, 3.8) is 0 Å². The van der Waals surface area contributed by atoms with Gasteiger partial charge in [0.05, 0.1) is 29.0 Å². The van der Waals surface area contributed by atoms with Crippen molar-refractivity contribution in [3.8, 4) is 17.1 Å². The van der Waals surface area contributed by atoms with Gasteiger partial charge < -0.3 is 34.1 Å². The molecule has 0 aliphatic carbocycles. The summed E-state index contributed by atoms with van der Waals surface area (Å²) in [4.78, 5) is 48.5. The van der Waals surface area contributed by atoms with Crippen LogP contribution in [0.2, 0.25) is 0 Å². The number of aromatic nitrogens is 2. The highest BCUT2D eigenvalue weighted by molar-refractivity contribution is 5.90. The summed E-state index contributed by atoms with van der Waals surface area (Å²) in [7, 11) is 1.00. The molecule has 0 saturated carbocycles. The Balaban J connectivity index is 0.00000175. The number of likely N-dealkylation sites (tertiary alicyclic amines) is 2. The Morgan fingerprint density at radius 1 is 1.04 bits per heavy atom. The number of aryl methyl sites for hydroxylation is 1. The van der Waals surface area contributed by atoms with E-state index in [-0.39, 0.29) is 24.7 Å². The van der Waals surface area contributed by atoms with E-state index in [1.807, 2.05) is 17.0 Å². The summed E-state index contributed by atoms with van der Waals surface area (Å²) in [6.45, 7) is 7.65. The van der Waals surface area contributed by atoms with Crippen LogP contribution in [-0.4, -0.2) is 81.0 Å². The van der Waals surface area contributed by atoms with E-state index >= 15 is 0 Å². The van der Waals surface area contributed by atoms with E-state index in [9.17, 15) is 19.5 Å². The van der Waals surface area contributed by atoms with Crippen molar-refractivity contribution in [2.75, 3.05) is 33.3 Å². The third-order valence-electron chi connectivity index (χ3n) is 9.97. The summed E-state index contributed by atoms with van der Waals surface area (Å²) in [5, 5.41) is 19.0. The average molecular weight is 619 g/mol. The third-order valence-corrected chi connectivity index (χ3v) is 9.97. The molecule has 6 heterocycles. The minimum atomic E-state index is -1.86. The molecule has 3 aromatic rings. The summed E-state index contributed by atoms with van der Waals surface area (Å²) in [5.41, 5.74) is 2.38.